The van der Waals surface area contributed by atoms with Crippen molar-refractivity contribution >= 4 is 32.4 Å². The SMILES string of the molecule is Cl.Cl.[CH2]=[Hf]([c]1ccc(C(C)C)cc1)([CH]1C=CC=C1)([CH]1CCCC1)[CH]1c2cc(C(C)(C)C)ccc2-c2ccc(C(C)(C)C)cc21. The van der Waals surface area contributed by atoms with Gasteiger partial charge in [-0.3, -0.25) is 0 Å². The molecule has 0 N–H and O–H groups in total. The van der Waals surface area contributed by atoms with Crippen molar-refractivity contribution in [3.8, 4) is 11.1 Å². The normalized spacial score (nSPS) is 17.5. The molecule has 0 heterocycles. The fourth-order valence-corrected chi connectivity index (χ4v) is 39.2. The predicted molar refractivity (Wildman–Crippen MR) is 197 cm³/mol. The Labute approximate surface area is 281 Å². The molecule has 1 saturated carbocycles. The quantitative estimate of drug-likeness (QED) is 0.226. The monoisotopic (exact) mass is 796 g/mol. The summed E-state index contributed by atoms with van der Waals surface area (Å²) >= 11 is -4.58. The zero-order valence-corrected chi connectivity index (χ0v) is 33.5. The Morgan fingerprint density at radius 3 is 1.55 bits per heavy atom. The molecule has 0 atom stereocenters. The molecule has 0 spiro atoms. The topological polar surface area (TPSA) is 0 Å². The molecule has 3 aliphatic rings. The molecule has 0 unspecified atom stereocenters. The molecule has 0 aliphatic heterocycles. The van der Waals surface area contributed by atoms with E-state index in [1.165, 1.54) is 53.5 Å². The Hall–Kier alpha value is -1.54. The van der Waals surface area contributed by atoms with Crippen molar-refractivity contribution in [1.82, 2.24) is 0 Å². The van der Waals surface area contributed by atoms with Crippen LogP contribution in [0.25, 0.3) is 11.1 Å². The molecular formula is C41H54Cl2Hf. The summed E-state index contributed by atoms with van der Waals surface area (Å²) in [5, 5.41) is 0. The zero-order chi connectivity index (χ0) is 30.1. The van der Waals surface area contributed by atoms with Crippen molar-refractivity contribution in [2.75, 3.05) is 0 Å². The molecular weight excluding hydrogens is 742 g/mol. The van der Waals surface area contributed by atoms with Crippen LogP contribution in [0.15, 0.2) is 85.0 Å². The fraction of sp³-hybridized carbons (Fsp3) is 0.439. The first-order valence-electron chi connectivity index (χ1n) is 16.5. The Morgan fingerprint density at radius 2 is 1.14 bits per heavy atom. The average molecular weight is 796 g/mol. The third-order valence-corrected chi connectivity index (χ3v) is 41.0. The van der Waals surface area contributed by atoms with Gasteiger partial charge >= 0.3 is 258 Å². The van der Waals surface area contributed by atoms with Crippen LogP contribution in [-0.2, 0) is 28.8 Å². The maximum absolute atomic E-state index is 5.89. The van der Waals surface area contributed by atoms with Crippen molar-refractivity contribution < 1.29 is 18.0 Å². The van der Waals surface area contributed by atoms with E-state index >= 15 is 0 Å². The van der Waals surface area contributed by atoms with Gasteiger partial charge in [-0.15, -0.1) is 24.8 Å². The van der Waals surface area contributed by atoms with Crippen molar-refractivity contribution in [3.63, 3.8) is 0 Å². The summed E-state index contributed by atoms with van der Waals surface area (Å²) in [6.45, 7) is 18.8. The van der Waals surface area contributed by atoms with Gasteiger partial charge in [0.1, 0.15) is 0 Å². The molecule has 0 nitrogen and oxygen atoms in total. The minimum absolute atomic E-state index is 0. The molecule has 0 amide bonds. The second kappa shape index (κ2) is 12.2. The van der Waals surface area contributed by atoms with E-state index in [0.29, 0.717) is 16.9 Å². The van der Waals surface area contributed by atoms with Gasteiger partial charge < -0.3 is 0 Å². The first kappa shape index (κ1) is 35.3. The van der Waals surface area contributed by atoms with E-state index in [-0.39, 0.29) is 35.6 Å². The molecule has 1 fully saturated rings. The molecule has 6 rings (SSSR count). The maximum atomic E-state index is 5.89. The summed E-state index contributed by atoms with van der Waals surface area (Å²) in [5.74, 6) is 0.528. The molecule has 0 bridgehead atoms. The predicted octanol–water partition coefficient (Wildman–Crippen LogP) is 12.0. The summed E-state index contributed by atoms with van der Waals surface area (Å²) in [6, 6.07) is 25.0. The molecule has 0 saturated heterocycles. The molecule has 236 valence electrons. The first-order chi connectivity index (χ1) is 19.7. The van der Waals surface area contributed by atoms with E-state index in [0.717, 1.165) is 0 Å². The number of allylic oxidation sites excluding steroid dienone is 4. The number of fused-ring (bicyclic) bond motifs is 3. The second-order valence-corrected chi connectivity index (χ2v) is 38.2. The van der Waals surface area contributed by atoms with Crippen LogP contribution in [0.4, 0.5) is 0 Å². The van der Waals surface area contributed by atoms with Gasteiger partial charge in [0.25, 0.3) is 0 Å². The van der Waals surface area contributed by atoms with Gasteiger partial charge in [-0.05, 0) is 0 Å². The van der Waals surface area contributed by atoms with Crippen LogP contribution in [0, 0.1) is 0 Å². The van der Waals surface area contributed by atoms with Crippen molar-refractivity contribution in [2.45, 2.75) is 109 Å². The Balaban J connectivity index is 0.00000221. The van der Waals surface area contributed by atoms with Crippen LogP contribution < -0.4 is 3.32 Å². The molecule has 44 heavy (non-hydrogen) atoms. The summed E-state index contributed by atoms with van der Waals surface area (Å²) in [4.78, 5) is 0. The molecule has 0 radical (unpaired) electrons. The fourth-order valence-electron chi connectivity index (χ4n) is 8.99. The standard InChI is InChI=1S/C21H25.C9H11.C5H9.C5H5.CH2.2ClH.Hf/c1-20(2,3)16-7-9-18-14(12-16)11-15-13-17(21(4,5)6)8-10-19(15)18;1-8(2)9-6-4-3-5-7-9;2*1-2-4-5-3-1;;;;/h7-13H,1-6H3;4-8H,1-2H3;1H,2-5H2;1-5H;1H2;2*1H;. The van der Waals surface area contributed by atoms with Gasteiger partial charge in [0, 0.05) is 0 Å². The van der Waals surface area contributed by atoms with Gasteiger partial charge in [-0.25, -0.2) is 0 Å². The van der Waals surface area contributed by atoms with E-state index < -0.39 is 18.0 Å². The zero-order valence-electron chi connectivity index (χ0n) is 28.2. The van der Waals surface area contributed by atoms with Crippen LogP contribution in [-0.4, -0.2) is 4.26 Å². The van der Waals surface area contributed by atoms with Crippen LogP contribution in [0.2, 0.25) is 7.35 Å². The van der Waals surface area contributed by atoms with Gasteiger partial charge in [-0.1, -0.05) is 0 Å². The average Bonchev–Trinajstić information content (AvgIpc) is 3.72. The summed E-state index contributed by atoms with van der Waals surface area (Å²) < 4.78 is 8.99. The number of halogens is 2. The molecule has 3 aliphatic carbocycles. The number of hydrogen-bond acceptors (Lipinski definition) is 0. The van der Waals surface area contributed by atoms with Crippen molar-refractivity contribution in [2.24, 2.45) is 0 Å². The van der Waals surface area contributed by atoms with Gasteiger partial charge in [-0.2, -0.15) is 0 Å². The third kappa shape index (κ3) is 5.36. The number of benzene rings is 3. The molecule has 3 aromatic carbocycles. The third-order valence-electron chi connectivity index (χ3n) is 11.6. The Kier molecular flexibility index (Phi) is 9.83. The molecule has 3 aromatic rings. The first-order valence-corrected chi connectivity index (χ1v) is 27.1. The van der Waals surface area contributed by atoms with E-state index in [1.807, 2.05) is 0 Å². The number of rotatable bonds is 5. The van der Waals surface area contributed by atoms with E-state index in [2.05, 4.69) is 140 Å². The number of hydrogen-bond donors (Lipinski definition) is 0. The van der Waals surface area contributed by atoms with E-state index in [9.17, 15) is 0 Å². The van der Waals surface area contributed by atoms with Gasteiger partial charge in [0.2, 0.25) is 0 Å². The molecule has 3 heteroatoms. The summed E-state index contributed by atoms with van der Waals surface area (Å²) in [5.41, 5.74) is 10.6. The van der Waals surface area contributed by atoms with E-state index in [1.54, 1.807) is 14.4 Å². The van der Waals surface area contributed by atoms with Crippen LogP contribution in [0.3, 0.4) is 0 Å². The Bertz CT molecular complexity index is 1560. The van der Waals surface area contributed by atoms with Gasteiger partial charge in [0.05, 0.1) is 0 Å². The van der Waals surface area contributed by atoms with Crippen molar-refractivity contribution in [3.05, 3.63) is 113 Å². The van der Waals surface area contributed by atoms with Crippen LogP contribution >= 0.6 is 24.8 Å². The van der Waals surface area contributed by atoms with Crippen molar-refractivity contribution in [1.29, 1.82) is 0 Å². The van der Waals surface area contributed by atoms with Crippen LogP contribution in [0.5, 0.6) is 0 Å². The van der Waals surface area contributed by atoms with E-state index in [4.69, 9.17) is 4.26 Å². The minimum atomic E-state index is -4.58. The second-order valence-electron chi connectivity index (χ2n) is 16.3. The summed E-state index contributed by atoms with van der Waals surface area (Å²) in [6.07, 6.45) is 15.1. The molecule has 0 aromatic heterocycles. The Morgan fingerprint density at radius 1 is 0.682 bits per heavy atom. The van der Waals surface area contributed by atoms with Gasteiger partial charge in [0.15, 0.2) is 0 Å². The summed E-state index contributed by atoms with van der Waals surface area (Å²) in [7, 11) is 0. The van der Waals surface area contributed by atoms with Crippen LogP contribution in [0.1, 0.15) is 118 Å².